The molecule has 1 heterocycles. The van der Waals surface area contributed by atoms with E-state index in [9.17, 15) is 9.90 Å². The smallest absolute Gasteiger partial charge is 0.142 e. The van der Waals surface area contributed by atoms with Crippen LogP contribution in [0.2, 0.25) is 0 Å². The first kappa shape index (κ1) is 11.9. The fourth-order valence-corrected chi connectivity index (χ4v) is 6.79. The molecule has 1 aliphatic heterocycles. The molecule has 108 valence electrons. The van der Waals surface area contributed by atoms with Crippen LogP contribution in [-0.2, 0) is 9.53 Å². The SMILES string of the molecule is C[C@@]12CCC(=O)C13C(C2)[C@]1(C)CC[C@H](O)C2=C1[C@@H]3OC2. The molecule has 0 radical (unpaired) electrons. The number of rotatable bonds is 0. The van der Waals surface area contributed by atoms with Crippen LogP contribution in [0.25, 0.3) is 0 Å². The van der Waals surface area contributed by atoms with E-state index in [0.717, 1.165) is 31.3 Å². The second kappa shape index (κ2) is 3.07. The number of carbonyl (C=O) groups is 1. The van der Waals surface area contributed by atoms with Crippen molar-refractivity contribution in [3.05, 3.63) is 11.1 Å². The highest BCUT2D eigenvalue weighted by molar-refractivity contribution is 5.93. The summed E-state index contributed by atoms with van der Waals surface area (Å²) in [7, 11) is 0. The van der Waals surface area contributed by atoms with E-state index in [0.29, 0.717) is 18.3 Å². The number of Topliss-reactive ketones (excluding diaryl/α,β-unsaturated/α-hetero) is 1. The summed E-state index contributed by atoms with van der Waals surface area (Å²) < 4.78 is 6.15. The van der Waals surface area contributed by atoms with E-state index in [2.05, 4.69) is 13.8 Å². The third-order valence-electron chi connectivity index (χ3n) is 7.72. The lowest BCUT2D eigenvalue weighted by Crippen LogP contribution is -2.61. The van der Waals surface area contributed by atoms with Crippen LogP contribution >= 0.6 is 0 Å². The minimum Gasteiger partial charge on any atom is -0.389 e. The Balaban J connectivity index is 1.78. The molecular weight excluding hydrogens is 252 g/mol. The Bertz CT molecular complexity index is 579. The van der Waals surface area contributed by atoms with E-state index in [1.165, 1.54) is 12.0 Å². The summed E-state index contributed by atoms with van der Waals surface area (Å²) in [6.07, 6.45) is 4.43. The molecule has 0 aromatic rings. The van der Waals surface area contributed by atoms with Crippen molar-refractivity contribution in [3.63, 3.8) is 0 Å². The summed E-state index contributed by atoms with van der Waals surface area (Å²) in [6, 6.07) is 0. The minimum absolute atomic E-state index is 0.0174. The second-order valence-corrected chi connectivity index (χ2v) is 8.21. The zero-order valence-electron chi connectivity index (χ0n) is 12.2. The van der Waals surface area contributed by atoms with Crippen molar-refractivity contribution in [2.45, 2.75) is 58.2 Å². The third-order valence-corrected chi connectivity index (χ3v) is 7.72. The van der Waals surface area contributed by atoms with Crippen LogP contribution in [0.15, 0.2) is 11.1 Å². The predicted octanol–water partition coefficient (Wildman–Crippen LogP) is 2.23. The number of aliphatic hydroxyl groups excluding tert-OH is 1. The van der Waals surface area contributed by atoms with Gasteiger partial charge in [0, 0.05) is 6.42 Å². The molecule has 0 aromatic carbocycles. The number of ketones is 1. The Morgan fingerprint density at radius 3 is 2.85 bits per heavy atom. The Kier molecular flexibility index (Phi) is 1.83. The number of fused-ring (bicyclic) bond motifs is 1. The molecule has 3 saturated carbocycles. The van der Waals surface area contributed by atoms with Gasteiger partial charge in [0.05, 0.1) is 24.2 Å². The average molecular weight is 274 g/mol. The van der Waals surface area contributed by atoms with E-state index in [4.69, 9.17) is 4.74 Å². The van der Waals surface area contributed by atoms with Crippen LogP contribution in [0.1, 0.15) is 46.0 Å². The normalized spacial score (nSPS) is 59.4. The molecule has 1 spiro atoms. The lowest BCUT2D eigenvalue weighted by Gasteiger charge is -2.60. The van der Waals surface area contributed by atoms with Crippen LogP contribution in [0.3, 0.4) is 0 Å². The monoisotopic (exact) mass is 274 g/mol. The molecule has 1 N–H and O–H groups in total. The Labute approximate surface area is 119 Å². The van der Waals surface area contributed by atoms with Crippen LogP contribution in [0.5, 0.6) is 0 Å². The highest BCUT2D eigenvalue weighted by Gasteiger charge is 2.82. The van der Waals surface area contributed by atoms with Gasteiger partial charge in [-0.1, -0.05) is 13.8 Å². The van der Waals surface area contributed by atoms with E-state index in [-0.39, 0.29) is 28.5 Å². The van der Waals surface area contributed by atoms with Crippen molar-refractivity contribution in [3.8, 4) is 0 Å². The van der Waals surface area contributed by atoms with E-state index in [1.807, 2.05) is 0 Å². The molecule has 0 aromatic heterocycles. The molecule has 2 unspecified atom stereocenters. The van der Waals surface area contributed by atoms with Gasteiger partial charge in [0.2, 0.25) is 0 Å². The van der Waals surface area contributed by atoms with E-state index in [1.54, 1.807) is 0 Å². The number of hydrogen-bond donors (Lipinski definition) is 1. The van der Waals surface area contributed by atoms with Crippen molar-refractivity contribution in [2.24, 2.45) is 22.2 Å². The number of hydrogen-bond acceptors (Lipinski definition) is 3. The van der Waals surface area contributed by atoms with Gasteiger partial charge in [-0.15, -0.1) is 0 Å². The van der Waals surface area contributed by atoms with E-state index >= 15 is 0 Å². The van der Waals surface area contributed by atoms with Gasteiger partial charge in [0.15, 0.2) is 0 Å². The lowest BCUT2D eigenvalue weighted by molar-refractivity contribution is -0.183. The third kappa shape index (κ3) is 0.883. The first-order valence-corrected chi connectivity index (χ1v) is 8.01. The quantitative estimate of drug-likeness (QED) is 0.689. The molecule has 5 rings (SSSR count). The molecule has 3 fully saturated rings. The van der Waals surface area contributed by atoms with Crippen molar-refractivity contribution < 1.29 is 14.6 Å². The molecule has 4 aliphatic carbocycles. The van der Waals surface area contributed by atoms with Crippen LogP contribution in [-0.4, -0.2) is 29.7 Å². The Morgan fingerprint density at radius 2 is 2.10 bits per heavy atom. The predicted molar refractivity (Wildman–Crippen MR) is 73.0 cm³/mol. The van der Waals surface area contributed by atoms with Crippen LogP contribution in [0.4, 0.5) is 0 Å². The maximum Gasteiger partial charge on any atom is 0.142 e. The van der Waals surface area contributed by atoms with Gasteiger partial charge in [0.1, 0.15) is 5.78 Å². The van der Waals surface area contributed by atoms with Gasteiger partial charge >= 0.3 is 0 Å². The van der Waals surface area contributed by atoms with Gasteiger partial charge in [-0.2, -0.15) is 0 Å². The van der Waals surface area contributed by atoms with Crippen molar-refractivity contribution >= 4 is 5.78 Å². The highest BCUT2D eigenvalue weighted by atomic mass is 16.5. The fourth-order valence-electron chi connectivity index (χ4n) is 6.79. The maximum absolute atomic E-state index is 12.8. The molecule has 20 heavy (non-hydrogen) atoms. The van der Waals surface area contributed by atoms with E-state index < -0.39 is 0 Å². The largest absolute Gasteiger partial charge is 0.389 e. The average Bonchev–Trinajstić information content (AvgIpc) is 2.96. The molecule has 0 saturated heterocycles. The van der Waals surface area contributed by atoms with Crippen molar-refractivity contribution in [1.29, 1.82) is 0 Å². The van der Waals surface area contributed by atoms with Gasteiger partial charge in [-0.05, 0) is 53.6 Å². The highest BCUT2D eigenvalue weighted by Crippen LogP contribution is 2.82. The molecule has 0 amide bonds. The van der Waals surface area contributed by atoms with Gasteiger partial charge < -0.3 is 9.84 Å². The Morgan fingerprint density at radius 1 is 1.30 bits per heavy atom. The van der Waals surface area contributed by atoms with Crippen molar-refractivity contribution in [2.75, 3.05) is 6.61 Å². The first-order chi connectivity index (χ1) is 9.45. The fraction of sp³-hybridized carbons (Fsp3) is 0.824. The Hall–Kier alpha value is -0.670. The lowest BCUT2D eigenvalue weighted by atomic mass is 9.43. The second-order valence-electron chi connectivity index (χ2n) is 8.21. The summed E-state index contributed by atoms with van der Waals surface area (Å²) >= 11 is 0. The zero-order chi connectivity index (χ0) is 13.9. The molecule has 3 heteroatoms. The van der Waals surface area contributed by atoms with Gasteiger partial charge in [-0.25, -0.2) is 0 Å². The summed E-state index contributed by atoms with van der Waals surface area (Å²) in [6.45, 7) is 5.18. The van der Waals surface area contributed by atoms with Crippen LogP contribution in [0, 0.1) is 22.2 Å². The minimum atomic E-state index is -0.334. The number of carbonyl (C=O) groups excluding carboxylic acids is 1. The summed E-state index contributed by atoms with van der Waals surface area (Å²) in [5.74, 6) is 0.901. The number of aliphatic hydroxyl groups is 1. The maximum atomic E-state index is 12.8. The topological polar surface area (TPSA) is 46.5 Å². The standard InChI is InChI=1S/C17H22O3/c1-15-5-4-12(19)17(15)11(7-15)16(2)6-3-10(18)9-8-20-14(17)13(9)16/h10-11,14,18H,3-8H2,1-2H3/t10-,11?,14-,15-,16-,17?/m0/s1. The first-order valence-electron chi connectivity index (χ1n) is 8.01. The van der Waals surface area contributed by atoms with Gasteiger partial charge in [-0.3, -0.25) is 4.79 Å². The van der Waals surface area contributed by atoms with Crippen LogP contribution < -0.4 is 0 Å². The summed E-state index contributed by atoms with van der Waals surface area (Å²) in [4.78, 5) is 12.8. The van der Waals surface area contributed by atoms with Gasteiger partial charge in [0.25, 0.3) is 0 Å². The summed E-state index contributed by atoms with van der Waals surface area (Å²) in [5.41, 5.74) is 2.46. The molecule has 6 atom stereocenters. The molecule has 3 nitrogen and oxygen atoms in total. The number of ether oxygens (including phenoxy) is 1. The molecular formula is C17H22O3. The zero-order valence-corrected chi connectivity index (χ0v) is 12.2. The summed E-state index contributed by atoms with van der Waals surface area (Å²) in [5, 5.41) is 10.3. The molecule has 5 aliphatic rings. The van der Waals surface area contributed by atoms with Crippen molar-refractivity contribution in [1.82, 2.24) is 0 Å². The molecule has 0 bridgehead atoms.